The molecule has 5 fully saturated rings. The van der Waals surface area contributed by atoms with Crippen molar-refractivity contribution in [1.82, 2.24) is 0 Å². The topological polar surface area (TPSA) is 37.6 Å². The van der Waals surface area contributed by atoms with Gasteiger partial charge in [0.2, 0.25) is 0 Å². The molecule has 0 bridgehead atoms. The first-order valence-electron chi connectivity index (χ1n) is 7.35. The summed E-state index contributed by atoms with van der Waals surface area (Å²) in [4.78, 5) is 0. The number of rotatable bonds is 2. The molecule has 0 spiro atoms. The molecule has 3 heteroatoms. The molecule has 3 saturated heterocycles. The van der Waals surface area contributed by atoms with Gasteiger partial charge in [0.25, 0.3) is 0 Å². The van der Waals surface area contributed by atoms with Crippen LogP contribution in [0.3, 0.4) is 0 Å². The van der Waals surface area contributed by atoms with E-state index in [0.29, 0.717) is 36.6 Å². The lowest BCUT2D eigenvalue weighted by atomic mass is 9.80. The second kappa shape index (κ2) is 3.25. The zero-order chi connectivity index (χ0) is 11.0. The average Bonchev–Trinajstić information content (AvgIpc) is 3.26. The summed E-state index contributed by atoms with van der Waals surface area (Å²) >= 11 is 0. The Kier molecular flexibility index (Phi) is 1.87. The first-order valence-corrected chi connectivity index (χ1v) is 7.35. The SMILES string of the molecule is C1CC2OC2CC1C1OC1C1CCC2OC2C1. The van der Waals surface area contributed by atoms with Crippen LogP contribution in [0.1, 0.15) is 38.5 Å². The van der Waals surface area contributed by atoms with Crippen molar-refractivity contribution in [2.24, 2.45) is 11.8 Å². The Balaban J connectivity index is 1.21. The molecular weight excluding hydrogens is 216 g/mol. The van der Waals surface area contributed by atoms with Crippen molar-refractivity contribution in [3.8, 4) is 0 Å². The number of ether oxygens (including phenoxy) is 3. The predicted molar refractivity (Wildman–Crippen MR) is 60.7 cm³/mol. The summed E-state index contributed by atoms with van der Waals surface area (Å²) in [6.07, 6.45) is 11.3. The number of fused-ring (bicyclic) bond motifs is 2. The van der Waals surface area contributed by atoms with E-state index >= 15 is 0 Å². The molecule has 94 valence electrons. The second-order valence-corrected chi connectivity index (χ2v) is 6.64. The van der Waals surface area contributed by atoms with Crippen LogP contribution in [-0.4, -0.2) is 36.6 Å². The quantitative estimate of drug-likeness (QED) is 0.687. The van der Waals surface area contributed by atoms with Crippen molar-refractivity contribution in [1.29, 1.82) is 0 Å². The maximum atomic E-state index is 6.02. The minimum atomic E-state index is 0.570. The Bertz CT molecular complexity index is 312. The Morgan fingerprint density at radius 1 is 0.529 bits per heavy atom. The molecule has 5 aliphatic rings. The summed E-state index contributed by atoms with van der Waals surface area (Å²) in [5, 5.41) is 0. The smallest absolute Gasteiger partial charge is 0.0873 e. The van der Waals surface area contributed by atoms with Crippen molar-refractivity contribution in [3.63, 3.8) is 0 Å². The van der Waals surface area contributed by atoms with Gasteiger partial charge in [-0.05, 0) is 50.4 Å². The highest BCUT2D eigenvalue weighted by Crippen LogP contribution is 2.51. The molecule has 17 heavy (non-hydrogen) atoms. The van der Waals surface area contributed by atoms with E-state index in [0.717, 1.165) is 11.8 Å². The largest absolute Gasteiger partial charge is 0.370 e. The Labute approximate surface area is 102 Å². The molecule has 0 radical (unpaired) electrons. The maximum absolute atomic E-state index is 6.02. The van der Waals surface area contributed by atoms with Crippen molar-refractivity contribution >= 4 is 0 Å². The third kappa shape index (κ3) is 1.59. The molecule has 5 rings (SSSR count). The summed E-state index contributed by atoms with van der Waals surface area (Å²) in [5.74, 6) is 1.59. The fraction of sp³-hybridized carbons (Fsp3) is 1.00. The number of epoxide rings is 3. The minimum absolute atomic E-state index is 0.570. The highest BCUT2D eigenvalue weighted by Gasteiger charge is 2.57. The van der Waals surface area contributed by atoms with E-state index in [1.807, 2.05) is 0 Å². The van der Waals surface area contributed by atoms with Gasteiger partial charge in [0.15, 0.2) is 0 Å². The molecule has 2 saturated carbocycles. The van der Waals surface area contributed by atoms with E-state index in [9.17, 15) is 0 Å². The van der Waals surface area contributed by atoms with Crippen LogP contribution in [0, 0.1) is 11.8 Å². The van der Waals surface area contributed by atoms with Gasteiger partial charge in [0.1, 0.15) is 0 Å². The third-order valence-electron chi connectivity index (χ3n) is 5.58. The summed E-state index contributed by atoms with van der Waals surface area (Å²) in [5.41, 5.74) is 0. The summed E-state index contributed by atoms with van der Waals surface area (Å²) in [6.45, 7) is 0. The zero-order valence-corrected chi connectivity index (χ0v) is 10.1. The Morgan fingerprint density at radius 3 is 1.53 bits per heavy atom. The molecule has 0 N–H and O–H groups in total. The average molecular weight is 236 g/mol. The fourth-order valence-electron chi connectivity index (χ4n) is 4.36. The molecule has 3 nitrogen and oxygen atoms in total. The monoisotopic (exact) mass is 236 g/mol. The van der Waals surface area contributed by atoms with E-state index in [1.165, 1.54) is 38.5 Å². The van der Waals surface area contributed by atoms with Gasteiger partial charge in [-0.3, -0.25) is 0 Å². The number of hydrogen-bond acceptors (Lipinski definition) is 3. The van der Waals surface area contributed by atoms with Gasteiger partial charge in [-0.25, -0.2) is 0 Å². The van der Waals surface area contributed by atoms with Crippen LogP contribution in [0.4, 0.5) is 0 Å². The number of hydrogen-bond donors (Lipinski definition) is 0. The maximum Gasteiger partial charge on any atom is 0.0873 e. The van der Waals surface area contributed by atoms with Gasteiger partial charge in [-0.15, -0.1) is 0 Å². The van der Waals surface area contributed by atoms with Crippen molar-refractivity contribution < 1.29 is 14.2 Å². The molecule has 3 aliphatic heterocycles. The van der Waals surface area contributed by atoms with Gasteiger partial charge >= 0.3 is 0 Å². The molecule has 2 aliphatic carbocycles. The van der Waals surface area contributed by atoms with E-state index in [4.69, 9.17) is 14.2 Å². The molecule has 8 unspecified atom stereocenters. The zero-order valence-electron chi connectivity index (χ0n) is 10.1. The van der Waals surface area contributed by atoms with Gasteiger partial charge in [0, 0.05) is 0 Å². The first-order chi connectivity index (χ1) is 8.38. The molecule has 0 amide bonds. The van der Waals surface area contributed by atoms with Gasteiger partial charge in [0.05, 0.1) is 36.6 Å². The van der Waals surface area contributed by atoms with Crippen LogP contribution in [0.5, 0.6) is 0 Å². The van der Waals surface area contributed by atoms with Gasteiger partial charge in [-0.1, -0.05) is 0 Å². The van der Waals surface area contributed by atoms with Crippen molar-refractivity contribution in [3.05, 3.63) is 0 Å². The van der Waals surface area contributed by atoms with E-state index in [1.54, 1.807) is 0 Å². The van der Waals surface area contributed by atoms with Crippen LogP contribution in [0.15, 0.2) is 0 Å². The van der Waals surface area contributed by atoms with Crippen LogP contribution < -0.4 is 0 Å². The Hall–Kier alpha value is -0.120. The van der Waals surface area contributed by atoms with E-state index < -0.39 is 0 Å². The van der Waals surface area contributed by atoms with Crippen LogP contribution >= 0.6 is 0 Å². The Morgan fingerprint density at radius 2 is 1.06 bits per heavy atom. The van der Waals surface area contributed by atoms with E-state index in [2.05, 4.69) is 0 Å². The highest BCUT2D eigenvalue weighted by molar-refractivity contribution is 5.04. The molecule has 0 aromatic rings. The van der Waals surface area contributed by atoms with Crippen molar-refractivity contribution in [2.45, 2.75) is 75.1 Å². The summed E-state index contributed by atoms with van der Waals surface area (Å²) in [7, 11) is 0. The normalized spacial score (nSPS) is 63.5. The second-order valence-electron chi connectivity index (χ2n) is 6.64. The van der Waals surface area contributed by atoms with Crippen LogP contribution in [0.2, 0.25) is 0 Å². The lowest BCUT2D eigenvalue weighted by Gasteiger charge is -2.20. The predicted octanol–water partition coefficient (Wildman–Crippen LogP) is 1.89. The summed E-state index contributed by atoms with van der Waals surface area (Å²) < 4.78 is 17.2. The fourth-order valence-corrected chi connectivity index (χ4v) is 4.36. The molecule has 3 heterocycles. The third-order valence-corrected chi connectivity index (χ3v) is 5.58. The molecule has 8 atom stereocenters. The first kappa shape index (κ1) is 9.76. The molecular formula is C14H20O3. The lowest BCUT2D eigenvalue weighted by molar-refractivity contribution is 0.251. The minimum Gasteiger partial charge on any atom is -0.370 e. The molecule has 0 aromatic heterocycles. The van der Waals surface area contributed by atoms with E-state index in [-0.39, 0.29) is 0 Å². The molecule has 0 aromatic carbocycles. The summed E-state index contributed by atoms with van der Waals surface area (Å²) in [6, 6.07) is 0. The van der Waals surface area contributed by atoms with Crippen molar-refractivity contribution in [2.75, 3.05) is 0 Å². The van der Waals surface area contributed by atoms with Gasteiger partial charge in [-0.2, -0.15) is 0 Å². The van der Waals surface area contributed by atoms with Crippen LogP contribution in [0.25, 0.3) is 0 Å². The standard InChI is InChI=1S/C14H20O3/c1-3-9-11(15-9)5-7(1)13-14(17-13)8-2-4-10-12(6-8)16-10/h7-14H,1-6H2. The van der Waals surface area contributed by atoms with Crippen LogP contribution in [-0.2, 0) is 14.2 Å². The lowest BCUT2D eigenvalue weighted by Crippen LogP contribution is -2.24. The van der Waals surface area contributed by atoms with Gasteiger partial charge < -0.3 is 14.2 Å². The highest BCUT2D eigenvalue weighted by atomic mass is 16.6.